The highest BCUT2D eigenvalue weighted by atomic mass is 32.2. The van der Waals surface area contributed by atoms with E-state index in [-0.39, 0.29) is 11.8 Å². The van der Waals surface area contributed by atoms with Crippen molar-refractivity contribution < 1.29 is 9.59 Å². The lowest BCUT2D eigenvalue weighted by Gasteiger charge is -2.08. The molecule has 0 saturated carbocycles. The van der Waals surface area contributed by atoms with E-state index in [0.717, 1.165) is 10.5 Å². The highest BCUT2D eigenvalue weighted by Crippen LogP contribution is 2.23. The van der Waals surface area contributed by atoms with Gasteiger partial charge < -0.3 is 10.6 Å². The molecule has 2 amide bonds. The van der Waals surface area contributed by atoms with E-state index < -0.39 is 0 Å². The third kappa shape index (κ3) is 5.13. The van der Waals surface area contributed by atoms with E-state index in [1.165, 1.54) is 11.1 Å². The van der Waals surface area contributed by atoms with Gasteiger partial charge in [-0.1, -0.05) is 29.8 Å². The van der Waals surface area contributed by atoms with Crippen molar-refractivity contribution in [3.8, 4) is 0 Å². The van der Waals surface area contributed by atoms with Crippen molar-refractivity contribution in [3.05, 3.63) is 64.7 Å². The Bertz CT molecular complexity index is 727. The SMILES string of the molecule is CNC(=O)c1ccc(CNC(=O)CSc2cc(C)ccc2C)cc1. The average molecular weight is 342 g/mol. The highest BCUT2D eigenvalue weighted by molar-refractivity contribution is 8.00. The summed E-state index contributed by atoms with van der Waals surface area (Å²) in [6, 6.07) is 13.5. The largest absolute Gasteiger partial charge is 0.355 e. The van der Waals surface area contributed by atoms with Crippen molar-refractivity contribution in [2.24, 2.45) is 0 Å². The fraction of sp³-hybridized carbons (Fsp3) is 0.263. The Balaban J connectivity index is 1.82. The molecule has 0 aliphatic heterocycles. The van der Waals surface area contributed by atoms with Gasteiger partial charge in [0.25, 0.3) is 5.91 Å². The zero-order valence-corrected chi connectivity index (χ0v) is 15.0. The number of hydrogen-bond acceptors (Lipinski definition) is 3. The van der Waals surface area contributed by atoms with Crippen molar-refractivity contribution in [3.63, 3.8) is 0 Å². The maximum absolute atomic E-state index is 12.0. The second kappa shape index (κ2) is 8.55. The Kier molecular flexibility index (Phi) is 6.44. The number of carbonyl (C=O) groups excluding carboxylic acids is 2. The second-order valence-electron chi connectivity index (χ2n) is 5.61. The molecule has 0 fully saturated rings. The van der Waals surface area contributed by atoms with Crippen molar-refractivity contribution in [1.82, 2.24) is 10.6 Å². The minimum absolute atomic E-state index is 0.00344. The summed E-state index contributed by atoms with van der Waals surface area (Å²) in [5.41, 5.74) is 3.95. The quantitative estimate of drug-likeness (QED) is 0.793. The van der Waals surface area contributed by atoms with Crippen LogP contribution >= 0.6 is 11.8 Å². The fourth-order valence-electron chi connectivity index (χ4n) is 2.18. The molecule has 0 heterocycles. The first-order valence-corrected chi connectivity index (χ1v) is 8.76. The van der Waals surface area contributed by atoms with E-state index in [4.69, 9.17) is 0 Å². The number of thioether (sulfide) groups is 1. The monoisotopic (exact) mass is 342 g/mol. The van der Waals surface area contributed by atoms with Crippen LogP contribution in [-0.4, -0.2) is 24.6 Å². The van der Waals surface area contributed by atoms with Gasteiger partial charge >= 0.3 is 0 Å². The molecule has 2 aromatic rings. The summed E-state index contributed by atoms with van der Waals surface area (Å²) in [4.78, 5) is 24.6. The summed E-state index contributed by atoms with van der Waals surface area (Å²) in [5.74, 6) is 0.271. The molecule has 0 spiro atoms. The van der Waals surface area contributed by atoms with Crippen LogP contribution < -0.4 is 10.6 Å². The number of amides is 2. The van der Waals surface area contributed by atoms with E-state index in [1.807, 2.05) is 26.0 Å². The molecule has 24 heavy (non-hydrogen) atoms. The number of rotatable bonds is 6. The Morgan fingerprint density at radius 1 is 1.04 bits per heavy atom. The lowest BCUT2D eigenvalue weighted by Crippen LogP contribution is -2.24. The Morgan fingerprint density at radius 2 is 1.75 bits per heavy atom. The van der Waals surface area contributed by atoms with E-state index in [9.17, 15) is 9.59 Å². The van der Waals surface area contributed by atoms with Gasteiger partial charge in [0.2, 0.25) is 5.91 Å². The molecule has 0 aliphatic rings. The first kappa shape index (κ1) is 18.1. The van der Waals surface area contributed by atoms with Crippen LogP contribution in [0.2, 0.25) is 0 Å². The van der Waals surface area contributed by atoms with Gasteiger partial charge in [-0.2, -0.15) is 0 Å². The number of nitrogens with one attached hydrogen (secondary N) is 2. The van der Waals surface area contributed by atoms with Gasteiger partial charge in [0, 0.05) is 24.1 Å². The van der Waals surface area contributed by atoms with Crippen LogP contribution in [0.4, 0.5) is 0 Å². The average Bonchev–Trinajstić information content (AvgIpc) is 2.60. The lowest BCUT2D eigenvalue weighted by atomic mass is 10.1. The molecule has 0 aromatic heterocycles. The molecular weight excluding hydrogens is 320 g/mol. The molecule has 2 N–H and O–H groups in total. The zero-order chi connectivity index (χ0) is 17.5. The molecule has 126 valence electrons. The lowest BCUT2D eigenvalue weighted by molar-refractivity contribution is -0.118. The van der Waals surface area contributed by atoms with Crippen LogP contribution in [0.1, 0.15) is 27.0 Å². The summed E-state index contributed by atoms with van der Waals surface area (Å²) in [5, 5.41) is 5.49. The van der Waals surface area contributed by atoms with Crippen molar-refractivity contribution in [2.45, 2.75) is 25.3 Å². The molecule has 2 aromatic carbocycles. The summed E-state index contributed by atoms with van der Waals surface area (Å²) in [6.07, 6.45) is 0. The molecule has 2 rings (SSSR count). The minimum atomic E-state index is -0.115. The second-order valence-corrected chi connectivity index (χ2v) is 6.63. The van der Waals surface area contributed by atoms with Crippen LogP contribution in [0, 0.1) is 13.8 Å². The number of hydrogen-bond donors (Lipinski definition) is 2. The van der Waals surface area contributed by atoms with Gasteiger partial charge in [0.05, 0.1) is 5.75 Å². The zero-order valence-electron chi connectivity index (χ0n) is 14.2. The maximum atomic E-state index is 12.0. The summed E-state index contributed by atoms with van der Waals surface area (Å²) < 4.78 is 0. The normalized spacial score (nSPS) is 10.3. The molecule has 0 bridgehead atoms. The van der Waals surface area contributed by atoms with E-state index in [2.05, 4.69) is 28.8 Å². The Labute approximate surface area is 147 Å². The molecule has 4 nitrogen and oxygen atoms in total. The highest BCUT2D eigenvalue weighted by Gasteiger charge is 2.06. The van der Waals surface area contributed by atoms with Gasteiger partial charge in [-0.05, 0) is 43.2 Å². The fourth-order valence-corrected chi connectivity index (χ4v) is 3.13. The van der Waals surface area contributed by atoms with Gasteiger partial charge in [0.1, 0.15) is 0 Å². The molecule has 0 unspecified atom stereocenters. The molecule has 0 atom stereocenters. The number of carbonyl (C=O) groups is 2. The first-order valence-electron chi connectivity index (χ1n) is 7.77. The van der Waals surface area contributed by atoms with Crippen LogP contribution in [-0.2, 0) is 11.3 Å². The van der Waals surface area contributed by atoms with E-state index >= 15 is 0 Å². The standard InChI is InChI=1S/C19H22N2O2S/c1-13-4-5-14(2)17(10-13)24-12-18(22)21-11-15-6-8-16(9-7-15)19(23)20-3/h4-10H,11-12H2,1-3H3,(H,20,23)(H,21,22). The number of benzene rings is 2. The number of aryl methyl sites for hydroxylation is 2. The van der Waals surface area contributed by atoms with E-state index in [1.54, 1.807) is 30.9 Å². The van der Waals surface area contributed by atoms with Crippen LogP contribution in [0.15, 0.2) is 47.4 Å². The maximum Gasteiger partial charge on any atom is 0.251 e. The molecule has 0 radical (unpaired) electrons. The van der Waals surface area contributed by atoms with Crippen LogP contribution in [0.25, 0.3) is 0 Å². The smallest absolute Gasteiger partial charge is 0.251 e. The van der Waals surface area contributed by atoms with Gasteiger partial charge in [-0.15, -0.1) is 11.8 Å². The summed E-state index contributed by atoms with van der Waals surface area (Å²) in [6.45, 7) is 4.56. The first-order chi connectivity index (χ1) is 11.5. The topological polar surface area (TPSA) is 58.2 Å². The molecule has 0 aliphatic carbocycles. The van der Waals surface area contributed by atoms with Gasteiger partial charge in [-0.3, -0.25) is 9.59 Å². The predicted molar refractivity (Wildman–Crippen MR) is 98.3 cm³/mol. The predicted octanol–water partition coefficient (Wildman–Crippen LogP) is 3.07. The summed E-state index contributed by atoms with van der Waals surface area (Å²) >= 11 is 1.55. The minimum Gasteiger partial charge on any atom is -0.355 e. The molecular formula is C19H22N2O2S. The Morgan fingerprint density at radius 3 is 2.42 bits per heavy atom. The van der Waals surface area contributed by atoms with Crippen LogP contribution in [0.5, 0.6) is 0 Å². The van der Waals surface area contributed by atoms with Crippen LogP contribution in [0.3, 0.4) is 0 Å². The van der Waals surface area contributed by atoms with Gasteiger partial charge in [-0.25, -0.2) is 0 Å². The van der Waals surface area contributed by atoms with Gasteiger partial charge in [0.15, 0.2) is 0 Å². The third-order valence-corrected chi connectivity index (χ3v) is 4.79. The van der Waals surface area contributed by atoms with Crippen molar-refractivity contribution in [1.29, 1.82) is 0 Å². The summed E-state index contributed by atoms with van der Waals surface area (Å²) in [7, 11) is 1.60. The van der Waals surface area contributed by atoms with Crippen molar-refractivity contribution in [2.75, 3.05) is 12.8 Å². The molecule has 0 saturated heterocycles. The van der Waals surface area contributed by atoms with Crippen molar-refractivity contribution >= 4 is 23.6 Å². The van der Waals surface area contributed by atoms with E-state index in [0.29, 0.717) is 17.9 Å². The Hall–Kier alpha value is -2.27. The third-order valence-electron chi connectivity index (χ3n) is 3.64. The molecule has 5 heteroatoms.